The number of ether oxygens (including phenoxy) is 1. The summed E-state index contributed by atoms with van der Waals surface area (Å²) in [7, 11) is 1.60. The Labute approximate surface area is 120 Å². The van der Waals surface area contributed by atoms with Crippen LogP contribution in [0.2, 0.25) is 5.02 Å². The van der Waals surface area contributed by atoms with Gasteiger partial charge in [0.25, 0.3) is 0 Å². The average molecular weight is 324 g/mol. The Bertz CT molecular complexity index is 593. The smallest absolute Gasteiger partial charge is 0.137 e. The number of rotatable bonds is 3. The fraction of sp³-hybridized carbons (Fsp3) is 0.0667. The molecule has 0 N–H and O–H groups in total. The lowest BCUT2D eigenvalue weighted by molar-refractivity contribution is 0.415. The van der Waals surface area contributed by atoms with Gasteiger partial charge in [-0.15, -0.1) is 0 Å². The van der Waals surface area contributed by atoms with Crippen LogP contribution in [0.3, 0.4) is 0 Å². The monoisotopic (exact) mass is 322 g/mol. The zero-order valence-electron chi connectivity index (χ0n) is 9.91. The van der Waals surface area contributed by atoms with E-state index in [-0.39, 0.29) is 0 Å². The Morgan fingerprint density at radius 3 is 2.50 bits per heavy atom. The Balaban J connectivity index is 2.37. The highest BCUT2D eigenvalue weighted by molar-refractivity contribution is 9.10. The molecule has 0 saturated heterocycles. The summed E-state index contributed by atoms with van der Waals surface area (Å²) >= 11 is 9.57. The van der Waals surface area contributed by atoms with Crippen LogP contribution in [0.4, 0.5) is 0 Å². The fourth-order valence-corrected chi connectivity index (χ4v) is 2.35. The van der Waals surface area contributed by atoms with Crippen LogP contribution >= 0.6 is 27.5 Å². The predicted molar refractivity (Wildman–Crippen MR) is 80.3 cm³/mol. The van der Waals surface area contributed by atoms with Crippen molar-refractivity contribution in [2.75, 3.05) is 7.11 Å². The van der Waals surface area contributed by atoms with E-state index in [9.17, 15) is 0 Å². The minimum atomic E-state index is 0.589. The maximum absolute atomic E-state index is 6.12. The number of hydrogen-bond donors (Lipinski definition) is 0. The molecule has 0 aliphatic rings. The summed E-state index contributed by atoms with van der Waals surface area (Å²) in [6.45, 7) is 4.11. The second-order valence-electron chi connectivity index (χ2n) is 3.84. The van der Waals surface area contributed by atoms with E-state index in [2.05, 4.69) is 22.5 Å². The van der Waals surface area contributed by atoms with Gasteiger partial charge in [0.05, 0.1) is 12.1 Å². The molecule has 3 heteroatoms. The van der Waals surface area contributed by atoms with Gasteiger partial charge in [0.1, 0.15) is 5.75 Å². The largest absolute Gasteiger partial charge is 0.495 e. The van der Waals surface area contributed by atoms with Crippen LogP contribution in [0.1, 0.15) is 11.1 Å². The van der Waals surface area contributed by atoms with Gasteiger partial charge in [0.2, 0.25) is 0 Å². The van der Waals surface area contributed by atoms with Crippen LogP contribution in [0.15, 0.2) is 53.5 Å². The average Bonchev–Trinajstić information content (AvgIpc) is 2.37. The quantitative estimate of drug-likeness (QED) is 0.757. The molecular weight excluding hydrogens is 312 g/mol. The standard InChI is InChI=1S/C15H12BrClO/c1-10(11-4-3-5-13(16)8-11)12-6-7-15(18-2)14(17)9-12/h3-9H,1H2,2H3. The minimum Gasteiger partial charge on any atom is -0.495 e. The van der Waals surface area contributed by atoms with Gasteiger partial charge in [0, 0.05) is 4.47 Å². The molecule has 0 unspecified atom stereocenters. The highest BCUT2D eigenvalue weighted by atomic mass is 79.9. The summed E-state index contributed by atoms with van der Waals surface area (Å²) in [6, 6.07) is 13.7. The molecule has 0 atom stereocenters. The summed E-state index contributed by atoms with van der Waals surface area (Å²) in [5.41, 5.74) is 2.98. The lowest BCUT2D eigenvalue weighted by Gasteiger charge is -2.09. The predicted octanol–water partition coefficient (Wildman–Crippen LogP) is 5.17. The van der Waals surface area contributed by atoms with Crippen LogP contribution in [0.25, 0.3) is 5.57 Å². The van der Waals surface area contributed by atoms with E-state index in [1.54, 1.807) is 7.11 Å². The van der Waals surface area contributed by atoms with Gasteiger partial charge in [-0.1, -0.05) is 52.3 Å². The number of methoxy groups -OCH3 is 1. The van der Waals surface area contributed by atoms with Crippen molar-refractivity contribution >= 4 is 33.1 Å². The molecule has 2 aromatic rings. The Hall–Kier alpha value is -1.25. The van der Waals surface area contributed by atoms with E-state index in [4.69, 9.17) is 16.3 Å². The number of halogens is 2. The van der Waals surface area contributed by atoms with Crippen molar-refractivity contribution in [3.05, 3.63) is 69.7 Å². The first-order valence-corrected chi connectivity index (χ1v) is 6.57. The summed E-state index contributed by atoms with van der Waals surface area (Å²) < 4.78 is 6.16. The number of benzene rings is 2. The molecule has 0 saturated carbocycles. The van der Waals surface area contributed by atoms with E-state index in [0.29, 0.717) is 10.8 Å². The van der Waals surface area contributed by atoms with E-state index in [0.717, 1.165) is 21.2 Å². The molecule has 0 bridgehead atoms. The van der Waals surface area contributed by atoms with Gasteiger partial charge in [-0.05, 0) is 41.0 Å². The molecule has 0 fully saturated rings. The molecule has 1 nitrogen and oxygen atoms in total. The highest BCUT2D eigenvalue weighted by Crippen LogP contribution is 2.30. The zero-order valence-corrected chi connectivity index (χ0v) is 12.3. The van der Waals surface area contributed by atoms with Crippen LogP contribution in [0, 0.1) is 0 Å². The summed E-state index contributed by atoms with van der Waals surface area (Å²) in [5.74, 6) is 0.669. The van der Waals surface area contributed by atoms with E-state index in [1.807, 2.05) is 42.5 Å². The third kappa shape index (κ3) is 2.77. The zero-order chi connectivity index (χ0) is 13.1. The third-order valence-corrected chi connectivity index (χ3v) is 3.46. The summed E-state index contributed by atoms with van der Waals surface area (Å²) in [5, 5.41) is 0.589. The molecule has 0 aliphatic heterocycles. The first-order valence-electron chi connectivity index (χ1n) is 5.40. The molecule has 0 aliphatic carbocycles. The first kappa shape index (κ1) is 13.2. The second kappa shape index (κ2) is 5.59. The van der Waals surface area contributed by atoms with E-state index < -0.39 is 0 Å². The molecule has 0 amide bonds. The maximum atomic E-state index is 6.12. The van der Waals surface area contributed by atoms with Crippen molar-refractivity contribution in [3.63, 3.8) is 0 Å². The Kier molecular flexibility index (Phi) is 4.10. The molecule has 0 aromatic heterocycles. The first-order chi connectivity index (χ1) is 8.61. The second-order valence-corrected chi connectivity index (χ2v) is 5.16. The molecule has 0 radical (unpaired) electrons. The Morgan fingerprint density at radius 1 is 1.17 bits per heavy atom. The van der Waals surface area contributed by atoms with Crippen molar-refractivity contribution in [2.24, 2.45) is 0 Å². The molecule has 2 rings (SSSR count). The van der Waals surface area contributed by atoms with E-state index >= 15 is 0 Å². The van der Waals surface area contributed by atoms with Crippen LogP contribution in [-0.4, -0.2) is 7.11 Å². The van der Waals surface area contributed by atoms with Crippen molar-refractivity contribution < 1.29 is 4.74 Å². The maximum Gasteiger partial charge on any atom is 0.137 e. The normalized spacial score (nSPS) is 10.2. The van der Waals surface area contributed by atoms with Crippen molar-refractivity contribution in [1.29, 1.82) is 0 Å². The van der Waals surface area contributed by atoms with Gasteiger partial charge >= 0.3 is 0 Å². The fourth-order valence-electron chi connectivity index (χ4n) is 1.70. The SMILES string of the molecule is C=C(c1cccc(Br)c1)c1ccc(OC)c(Cl)c1. The lowest BCUT2D eigenvalue weighted by atomic mass is 10.00. The third-order valence-electron chi connectivity index (χ3n) is 2.67. The molecular formula is C15H12BrClO. The van der Waals surface area contributed by atoms with Gasteiger partial charge in [0.15, 0.2) is 0 Å². The van der Waals surface area contributed by atoms with Crippen LogP contribution in [-0.2, 0) is 0 Å². The molecule has 2 aromatic carbocycles. The highest BCUT2D eigenvalue weighted by Gasteiger charge is 2.06. The van der Waals surface area contributed by atoms with Crippen LogP contribution in [0.5, 0.6) is 5.75 Å². The summed E-state index contributed by atoms with van der Waals surface area (Å²) in [4.78, 5) is 0. The van der Waals surface area contributed by atoms with Crippen molar-refractivity contribution in [2.45, 2.75) is 0 Å². The molecule has 0 spiro atoms. The molecule has 18 heavy (non-hydrogen) atoms. The lowest BCUT2D eigenvalue weighted by Crippen LogP contribution is -1.89. The van der Waals surface area contributed by atoms with Gasteiger partial charge in [-0.25, -0.2) is 0 Å². The number of hydrogen-bond acceptors (Lipinski definition) is 1. The van der Waals surface area contributed by atoms with Crippen molar-refractivity contribution in [3.8, 4) is 5.75 Å². The van der Waals surface area contributed by atoms with Gasteiger partial charge in [-0.3, -0.25) is 0 Å². The molecule has 92 valence electrons. The topological polar surface area (TPSA) is 9.23 Å². The van der Waals surface area contributed by atoms with Gasteiger partial charge < -0.3 is 4.74 Å². The minimum absolute atomic E-state index is 0.589. The Morgan fingerprint density at radius 2 is 1.89 bits per heavy atom. The van der Waals surface area contributed by atoms with Crippen LogP contribution < -0.4 is 4.74 Å². The summed E-state index contributed by atoms with van der Waals surface area (Å²) in [6.07, 6.45) is 0. The van der Waals surface area contributed by atoms with Gasteiger partial charge in [-0.2, -0.15) is 0 Å². The van der Waals surface area contributed by atoms with Crippen molar-refractivity contribution in [1.82, 2.24) is 0 Å². The molecule has 0 heterocycles. The van der Waals surface area contributed by atoms with E-state index in [1.165, 1.54) is 0 Å².